The van der Waals surface area contributed by atoms with Crippen LogP contribution in [-0.2, 0) is 10.0 Å². The molecule has 0 atom stereocenters. The Kier molecular flexibility index (Phi) is 6.44. The zero-order valence-electron chi connectivity index (χ0n) is 15.0. The SMILES string of the molecule is COc1ccc(Br)c(C(=O)Nc2ccc(S(=O)(=O)N(C)C(C)C)cc2)c1. The van der Waals surface area contributed by atoms with Crippen molar-refractivity contribution < 1.29 is 17.9 Å². The quantitative estimate of drug-likeness (QED) is 0.741. The van der Waals surface area contributed by atoms with Crippen molar-refractivity contribution in [3.05, 3.63) is 52.5 Å². The van der Waals surface area contributed by atoms with Gasteiger partial charge in [0, 0.05) is 23.2 Å². The lowest BCUT2D eigenvalue weighted by atomic mass is 10.2. The summed E-state index contributed by atoms with van der Waals surface area (Å²) in [6, 6.07) is 11.0. The number of sulfonamides is 1. The monoisotopic (exact) mass is 440 g/mol. The Bertz CT molecular complexity index is 896. The van der Waals surface area contributed by atoms with Crippen LogP contribution in [0, 0.1) is 0 Å². The highest BCUT2D eigenvalue weighted by molar-refractivity contribution is 9.10. The van der Waals surface area contributed by atoms with Crippen LogP contribution in [0.25, 0.3) is 0 Å². The van der Waals surface area contributed by atoms with E-state index in [1.807, 2.05) is 0 Å². The smallest absolute Gasteiger partial charge is 0.256 e. The Morgan fingerprint density at radius 2 is 1.77 bits per heavy atom. The molecule has 0 bridgehead atoms. The minimum absolute atomic E-state index is 0.148. The highest BCUT2D eigenvalue weighted by Gasteiger charge is 2.23. The second-order valence-electron chi connectivity index (χ2n) is 5.94. The predicted octanol–water partition coefficient (Wildman–Crippen LogP) is 3.74. The maximum Gasteiger partial charge on any atom is 0.256 e. The van der Waals surface area contributed by atoms with E-state index >= 15 is 0 Å². The molecule has 26 heavy (non-hydrogen) atoms. The summed E-state index contributed by atoms with van der Waals surface area (Å²) in [6.45, 7) is 3.61. The van der Waals surface area contributed by atoms with Crippen LogP contribution < -0.4 is 10.1 Å². The van der Waals surface area contributed by atoms with Crippen molar-refractivity contribution in [3.63, 3.8) is 0 Å². The highest BCUT2D eigenvalue weighted by atomic mass is 79.9. The van der Waals surface area contributed by atoms with Crippen LogP contribution in [-0.4, -0.2) is 38.8 Å². The molecule has 2 rings (SSSR count). The molecule has 0 spiro atoms. The van der Waals surface area contributed by atoms with Crippen molar-refractivity contribution in [1.29, 1.82) is 0 Å². The number of benzene rings is 2. The zero-order chi connectivity index (χ0) is 19.5. The zero-order valence-corrected chi connectivity index (χ0v) is 17.4. The number of ether oxygens (including phenoxy) is 1. The van der Waals surface area contributed by atoms with Crippen molar-refractivity contribution in [2.75, 3.05) is 19.5 Å². The molecule has 8 heteroatoms. The van der Waals surface area contributed by atoms with Crippen LogP contribution in [0.1, 0.15) is 24.2 Å². The van der Waals surface area contributed by atoms with Gasteiger partial charge >= 0.3 is 0 Å². The van der Waals surface area contributed by atoms with Crippen molar-refractivity contribution in [3.8, 4) is 5.75 Å². The van der Waals surface area contributed by atoms with E-state index in [-0.39, 0.29) is 16.8 Å². The van der Waals surface area contributed by atoms with E-state index in [4.69, 9.17) is 4.74 Å². The number of nitrogens with one attached hydrogen (secondary N) is 1. The molecule has 0 aromatic heterocycles. The largest absolute Gasteiger partial charge is 0.497 e. The molecule has 2 aromatic carbocycles. The number of anilines is 1. The first-order chi connectivity index (χ1) is 12.2. The molecule has 0 radical (unpaired) electrons. The summed E-state index contributed by atoms with van der Waals surface area (Å²) >= 11 is 3.34. The Morgan fingerprint density at radius 3 is 2.31 bits per heavy atom. The minimum atomic E-state index is -3.55. The van der Waals surface area contributed by atoms with Crippen LogP contribution >= 0.6 is 15.9 Å². The van der Waals surface area contributed by atoms with Gasteiger partial charge in [-0.2, -0.15) is 4.31 Å². The third-order valence-corrected chi connectivity index (χ3v) is 6.67. The maximum atomic E-state index is 12.5. The fraction of sp³-hybridized carbons (Fsp3) is 0.278. The maximum absolute atomic E-state index is 12.5. The number of carbonyl (C=O) groups is 1. The molecular weight excluding hydrogens is 420 g/mol. The summed E-state index contributed by atoms with van der Waals surface area (Å²) in [6.07, 6.45) is 0. The third kappa shape index (κ3) is 4.44. The second kappa shape index (κ2) is 8.20. The lowest BCUT2D eigenvalue weighted by molar-refractivity contribution is 0.102. The number of nitrogens with zero attached hydrogens (tertiary/aromatic N) is 1. The Morgan fingerprint density at radius 1 is 1.15 bits per heavy atom. The molecule has 0 fully saturated rings. The average molecular weight is 441 g/mol. The fourth-order valence-corrected chi connectivity index (χ4v) is 3.95. The minimum Gasteiger partial charge on any atom is -0.497 e. The number of rotatable bonds is 6. The summed E-state index contributed by atoms with van der Waals surface area (Å²) in [4.78, 5) is 12.6. The van der Waals surface area contributed by atoms with Gasteiger partial charge in [0.25, 0.3) is 5.91 Å². The molecule has 0 saturated carbocycles. The molecule has 0 heterocycles. The number of amides is 1. The summed E-state index contributed by atoms with van der Waals surface area (Å²) in [5, 5.41) is 2.75. The van der Waals surface area contributed by atoms with E-state index in [0.717, 1.165) is 0 Å². The molecule has 0 aliphatic carbocycles. The van der Waals surface area contributed by atoms with Gasteiger partial charge in [0.05, 0.1) is 17.6 Å². The van der Waals surface area contributed by atoms with E-state index in [1.165, 1.54) is 30.6 Å². The molecule has 1 N–H and O–H groups in total. The van der Waals surface area contributed by atoms with E-state index in [1.54, 1.807) is 44.2 Å². The predicted molar refractivity (Wildman–Crippen MR) is 105 cm³/mol. The van der Waals surface area contributed by atoms with Crippen molar-refractivity contribution in [2.24, 2.45) is 0 Å². The topological polar surface area (TPSA) is 75.7 Å². The van der Waals surface area contributed by atoms with Gasteiger partial charge in [-0.15, -0.1) is 0 Å². The molecular formula is C18H21BrN2O4S. The van der Waals surface area contributed by atoms with Gasteiger partial charge < -0.3 is 10.1 Å². The number of hydrogen-bond acceptors (Lipinski definition) is 4. The van der Waals surface area contributed by atoms with E-state index < -0.39 is 10.0 Å². The van der Waals surface area contributed by atoms with Crippen molar-refractivity contribution in [1.82, 2.24) is 4.31 Å². The van der Waals surface area contributed by atoms with Gasteiger partial charge in [-0.25, -0.2) is 8.42 Å². The number of halogens is 1. The average Bonchev–Trinajstić information content (AvgIpc) is 2.61. The number of methoxy groups -OCH3 is 1. The van der Waals surface area contributed by atoms with E-state index in [9.17, 15) is 13.2 Å². The molecule has 0 aliphatic heterocycles. The highest BCUT2D eigenvalue weighted by Crippen LogP contribution is 2.24. The molecule has 0 saturated heterocycles. The summed E-state index contributed by atoms with van der Waals surface area (Å²) in [7, 11) is -0.491. The van der Waals surface area contributed by atoms with E-state index in [2.05, 4.69) is 21.2 Å². The van der Waals surface area contributed by atoms with Crippen LogP contribution in [0.2, 0.25) is 0 Å². The fourth-order valence-electron chi connectivity index (χ4n) is 2.16. The van der Waals surface area contributed by atoms with Crippen molar-refractivity contribution >= 4 is 37.5 Å². The van der Waals surface area contributed by atoms with Crippen LogP contribution in [0.5, 0.6) is 5.75 Å². The molecule has 0 unspecified atom stereocenters. The first-order valence-corrected chi connectivity index (χ1v) is 10.1. The van der Waals surface area contributed by atoms with Gasteiger partial charge in [-0.3, -0.25) is 4.79 Å². The lowest BCUT2D eigenvalue weighted by Crippen LogP contribution is -2.33. The number of hydrogen-bond donors (Lipinski definition) is 1. The van der Waals surface area contributed by atoms with Gasteiger partial charge in [0.1, 0.15) is 5.75 Å². The Hall–Kier alpha value is -1.90. The molecule has 2 aromatic rings. The Balaban J connectivity index is 2.21. The van der Waals surface area contributed by atoms with E-state index in [0.29, 0.717) is 21.5 Å². The van der Waals surface area contributed by atoms with Crippen molar-refractivity contribution in [2.45, 2.75) is 24.8 Å². The third-order valence-electron chi connectivity index (χ3n) is 3.93. The standard InChI is InChI=1S/C18H21BrN2O4S/c1-12(2)21(3)26(23,24)15-8-5-13(6-9-15)20-18(22)16-11-14(25-4)7-10-17(16)19/h5-12H,1-4H3,(H,20,22). The van der Waals surface area contributed by atoms with Gasteiger partial charge in [0.15, 0.2) is 0 Å². The molecule has 140 valence electrons. The molecule has 0 aliphatic rings. The van der Waals surface area contributed by atoms with Crippen LogP contribution in [0.4, 0.5) is 5.69 Å². The Labute approximate surface area is 162 Å². The first-order valence-electron chi connectivity index (χ1n) is 7.90. The second-order valence-corrected chi connectivity index (χ2v) is 8.79. The van der Waals surface area contributed by atoms with Gasteiger partial charge in [-0.05, 0) is 72.2 Å². The van der Waals surface area contributed by atoms with Crippen LogP contribution in [0.15, 0.2) is 51.8 Å². The van der Waals surface area contributed by atoms with Gasteiger partial charge in [-0.1, -0.05) is 0 Å². The first kappa shape index (κ1) is 20.4. The normalized spacial score (nSPS) is 11.7. The molecule has 1 amide bonds. The van der Waals surface area contributed by atoms with Gasteiger partial charge in [0.2, 0.25) is 10.0 Å². The summed E-state index contributed by atoms with van der Waals surface area (Å²) < 4.78 is 32.0. The molecule has 6 nitrogen and oxygen atoms in total. The lowest BCUT2D eigenvalue weighted by Gasteiger charge is -2.21. The summed E-state index contributed by atoms with van der Waals surface area (Å²) in [5.41, 5.74) is 0.913. The number of carbonyl (C=O) groups excluding carboxylic acids is 1. The summed E-state index contributed by atoms with van der Waals surface area (Å²) in [5.74, 6) is 0.238. The van der Waals surface area contributed by atoms with Crippen LogP contribution in [0.3, 0.4) is 0 Å².